The van der Waals surface area contributed by atoms with E-state index in [9.17, 15) is 18.5 Å². The lowest BCUT2D eigenvalue weighted by Crippen LogP contribution is -2.08. The smallest absolute Gasteiger partial charge is 0.314 e. The molecule has 2 aromatic carbocycles. The number of nitro benzene ring substituents is 1. The SMILES string of the molecule is Cc1cc(OCc2ccccc2)c([N+](=O)[O-])cc1OS(C)(=O)=O. The highest BCUT2D eigenvalue weighted by molar-refractivity contribution is 7.86. The van der Waals surface area contributed by atoms with E-state index in [1.54, 1.807) is 6.92 Å². The van der Waals surface area contributed by atoms with Crippen molar-refractivity contribution in [3.8, 4) is 11.5 Å². The maximum absolute atomic E-state index is 11.2. The summed E-state index contributed by atoms with van der Waals surface area (Å²) in [5.74, 6) is -0.0385. The van der Waals surface area contributed by atoms with Crippen LogP contribution in [0.1, 0.15) is 11.1 Å². The molecule has 2 aromatic rings. The summed E-state index contributed by atoms with van der Waals surface area (Å²) in [5.41, 5.74) is 0.921. The zero-order valence-electron chi connectivity index (χ0n) is 12.6. The number of hydrogen-bond donors (Lipinski definition) is 0. The number of ether oxygens (including phenoxy) is 1. The van der Waals surface area contributed by atoms with E-state index in [-0.39, 0.29) is 23.8 Å². The quantitative estimate of drug-likeness (QED) is 0.457. The van der Waals surface area contributed by atoms with Gasteiger partial charge in [0.15, 0.2) is 11.5 Å². The summed E-state index contributed by atoms with van der Waals surface area (Å²) in [6.07, 6.45) is 0.873. The van der Waals surface area contributed by atoms with Crippen LogP contribution in [0.4, 0.5) is 5.69 Å². The van der Waals surface area contributed by atoms with E-state index >= 15 is 0 Å². The Kier molecular flexibility index (Phi) is 4.85. The van der Waals surface area contributed by atoms with Gasteiger partial charge in [0.1, 0.15) is 6.61 Å². The average molecular weight is 337 g/mol. The van der Waals surface area contributed by atoms with Gasteiger partial charge in [0, 0.05) is 0 Å². The van der Waals surface area contributed by atoms with Gasteiger partial charge in [-0.3, -0.25) is 10.1 Å². The fourth-order valence-electron chi connectivity index (χ4n) is 1.90. The molecule has 23 heavy (non-hydrogen) atoms. The number of nitrogens with zero attached hydrogens (tertiary/aromatic N) is 1. The summed E-state index contributed by atoms with van der Waals surface area (Å²) < 4.78 is 32.7. The molecule has 0 N–H and O–H groups in total. The van der Waals surface area contributed by atoms with Gasteiger partial charge in [0.2, 0.25) is 0 Å². The predicted molar refractivity (Wildman–Crippen MR) is 84.1 cm³/mol. The zero-order valence-corrected chi connectivity index (χ0v) is 13.4. The summed E-state index contributed by atoms with van der Waals surface area (Å²) in [6.45, 7) is 1.74. The Morgan fingerprint density at radius 1 is 1.13 bits per heavy atom. The van der Waals surface area contributed by atoms with Crippen molar-refractivity contribution >= 4 is 15.8 Å². The normalized spacial score (nSPS) is 11.0. The standard InChI is InChI=1S/C15H15NO6S/c1-11-8-15(21-10-12-6-4-3-5-7-12)13(16(17)18)9-14(11)22-23(2,19)20/h3-9H,10H2,1-2H3. The molecule has 0 saturated carbocycles. The average Bonchev–Trinajstić information content (AvgIpc) is 2.47. The largest absolute Gasteiger partial charge is 0.482 e. The van der Waals surface area contributed by atoms with Crippen molar-refractivity contribution < 1.29 is 22.3 Å². The van der Waals surface area contributed by atoms with Crippen LogP contribution in [0.25, 0.3) is 0 Å². The summed E-state index contributed by atoms with van der Waals surface area (Å²) >= 11 is 0. The molecule has 0 aliphatic rings. The highest BCUT2D eigenvalue weighted by Crippen LogP contribution is 2.35. The summed E-state index contributed by atoms with van der Waals surface area (Å²) in [4.78, 5) is 10.5. The van der Waals surface area contributed by atoms with Crippen LogP contribution in [0.15, 0.2) is 42.5 Å². The van der Waals surface area contributed by atoms with Crippen molar-refractivity contribution in [3.05, 3.63) is 63.7 Å². The molecular weight excluding hydrogens is 322 g/mol. The molecule has 0 heterocycles. The van der Waals surface area contributed by atoms with E-state index in [1.807, 2.05) is 30.3 Å². The van der Waals surface area contributed by atoms with Gasteiger partial charge < -0.3 is 8.92 Å². The highest BCUT2D eigenvalue weighted by atomic mass is 32.2. The van der Waals surface area contributed by atoms with Crippen LogP contribution < -0.4 is 8.92 Å². The van der Waals surface area contributed by atoms with Crippen molar-refractivity contribution in [3.63, 3.8) is 0 Å². The molecule has 0 aliphatic heterocycles. The maximum atomic E-state index is 11.2. The molecule has 8 heteroatoms. The van der Waals surface area contributed by atoms with Crippen LogP contribution >= 0.6 is 0 Å². The predicted octanol–water partition coefficient (Wildman–Crippen LogP) is 2.82. The van der Waals surface area contributed by atoms with Crippen molar-refractivity contribution in [1.82, 2.24) is 0 Å². The third-order valence-corrected chi connectivity index (χ3v) is 3.41. The molecule has 0 fully saturated rings. The molecule has 0 aromatic heterocycles. The second kappa shape index (κ2) is 6.66. The maximum Gasteiger partial charge on any atom is 0.314 e. The lowest BCUT2D eigenvalue weighted by atomic mass is 10.2. The summed E-state index contributed by atoms with van der Waals surface area (Å²) in [7, 11) is -3.77. The minimum Gasteiger partial charge on any atom is -0.482 e. The summed E-state index contributed by atoms with van der Waals surface area (Å²) in [6, 6.07) is 11.6. The Hall–Kier alpha value is -2.61. The second-order valence-electron chi connectivity index (χ2n) is 4.90. The van der Waals surface area contributed by atoms with Crippen LogP contribution in [0, 0.1) is 17.0 Å². The molecule has 0 atom stereocenters. The number of hydrogen-bond acceptors (Lipinski definition) is 6. The molecule has 122 valence electrons. The first-order valence-electron chi connectivity index (χ1n) is 6.61. The van der Waals surface area contributed by atoms with Crippen LogP contribution in [0.3, 0.4) is 0 Å². The molecule has 0 aliphatic carbocycles. The monoisotopic (exact) mass is 337 g/mol. The fraction of sp³-hybridized carbons (Fsp3) is 0.200. The molecule has 2 rings (SSSR count). The van der Waals surface area contributed by atoms with E-state index in [0.29, 0.717) is 5.56 Å². The van der Waals surface area contributed by atoms with Crippen LogP contribution in [0.2, 0.25) is 0 Å². The third kappa shape index (κ3) is 4.68. The lowest BCUT2D eigenvalue weighted by Gasteiger charge is -2.11. The van der Waals surface area contributed by atoms with E-state index in [0.717, 1.165) is 17.9 Å². The second-order valence-corrected chi connectivity index (χ2v) is 6.48. The first kappa shape index (κ1) is 16.8. The Morgan fingerprint density at radius 2 is 1.78 bits per heavy atom. The zero-order chi connectivity index (χ0) is 17.0. The van der Waals surface area contributed by atoms with E-state index in [2.05, 4.69) is 0 Å². The Labute approximate surface area is 133 Å². The molecule has 0 spiro atoms. The summed E-state index contributed by atoms with van der Waals surface area (Å²) in [5, 5.41) is 11.2. The third-order valence-electron chi connectivity index (χ3n) is 2.93. The minimum atomic E-state index is -3.77. The van der Waals surface area contributed by atoms with Gasteiger partial charge in [0.25, 0.3) is 0 Å². The van der Waals surface area contributed by atoms with Gasteiger partial charge in [-0.2, -0.15) is 8.42 Å². The molecule has 7 nitrogen and oxygen atoms in total. The van der Waals surface area contributed by atoms with Crippen LogP contribution in [-0.2, 0) is 16.7 Å². The number of benzene rings is 2. The van der Waals surface area contributed by atoms with Crippen molar-refractivity contribution in [1.29, 1.82) is 0 Å². The van der Waals surface area contributed by atoms with Gasteiger partial charge in [0.05, 0.1) is 17.2 Å². The Balaban J connectivity index is 2.32. The van der Waals surface area contributed by atoms with Crippen molar-refractivity contribution in [2.24, 2.45) is 0 Å². The molecule has 0 amide bonds. The lowest BCUT2D eigenvalue weighted by molar-refractivity contribution is -0.386. The molecule has 0 bridgehead atoms. The molecule has 0 saturated heterocycles. The topological polar surface area (TPSA) is 95.7 Å². The fourth-order valence-corrected chi connectivity index (χ4v) is 2.40. The van der Waals surface area contributed by atoms with Crippen molar-refractivity contribution in [2.75, 3.05) is 6.26 Å². The Morgan fingerprint density at radius 3 is 2.35 bits per heavy atom. The molecule has 0 unspecified atom stereocenters. The molecular formula is C15H15NO6S. The number of nitro groups is 1. The highest BCUT2D eigenvalue weighted by Gasteiger charge is 2.21. The first-order chi connectivity index (χ1) is 10.8. The molecule has 0 radical (unpaired) electrons. The van der Waals surface area contributed by atoms with E-state index in [4.69, 9.17) is 8.92 Å². The van der Waals surface area contributed by atoms with Crippen LogP contribution in [-0.4, -0.2) is 19.6 Å². The van der Waals surface area contributed by atoms with Gasteiger partial charge in [-0.15, -0.1) is 0 Å². The van der Waals surface area contributed by atoms with Gasteiger partial charge >= 0.3 is 15.8 Å². The number of rotatable bonds is 6. The van der Waals surface area contributed by atoms with Gasteiger partial charge in [-0.1, -0.05) is 30.3 Å². The van der Waals surface area contributed by atoms with Gasteiger partial charge in [-0.05, 0) is 24.1 Å². The Bertz CT molecular complexity index is 817. The van der Waals surface area contributed by atoms with Crippen LogP contribution in [0.5, 0.6) is 11.5 Å². The van der Waals surface area contributed by atoms with E-state index < -0.39 is 15.0 Å². The van der Waals surface area contributed by atoms with Crippen molar-refractivity contribution in [2.45, 2.75) is 13.5 Å². The minimum absolute atomic E-state index is 0.0530. The van der Waals surface area contributed by atoms with Gasteiger partial charge in [-0.25, -0.2) is 0 Å². The van der Waals surface area contributed by atoms with E-state index in [1.165, 1.54) is 6.07 Å². The first-order valence-corrected chi connectivity index (χ1v) is 8.43. The number of aryl methyl sites for hydroxylation is 1.